The fourth-order valence-corrected chi connectivity index (χ4v) is 1.91. The minimum atomic E-state index is -1.31. The molecular formula is C14H15FN2O2. The molecule has 19 heavy (non-hydrogen) atoms. The maximum atomic E-state index is 12.9. The number of aromatic nitrogens is 2. The third kappa shape index (κ3) is 2.56. The Morgan fingerprint density at radius 1 is 1.32 bits per heavy atom. The van der Waals surface area contributed by atoms with E-state index in [9.17, 15) is 9.50 Å². The molecule has 5 heteroatoms. The smallest absolute Gasteiger partial charge is 0.141 e. The Bertz CT molecular complexity index is 560. The van der Waals surface area contributed by atoms with Crippen LogP contribution in [0.3, 0.4) is 0 Å². The van der Waals surface area contributed by atoms with E-state index in [4.69, 9.17) is 4.74 Å². The van der Waals surface area contributed by atoms with Crippen molar-refractivity contribution in [3.63, 3.8) is 0 Å². The Kier molecular flexibility index (Phi) is 3.76. The number of rotatable bonds is 4. The lowest BCUT2D eigenvalue weighted by Gasteiger charge is -2.26. The van der Waals surface area contributed by atoms with Crippen molar-refractivity contribution in [2.45, 2.75) is 18.9 Å². The lowest BCUT2D eigenvalue weighted by atomic mass is 9.88. The van der Waals surface area contributed by atoms with Crippen molar-refractivity contribution in [3.8, 4) is 5.75 Å². The van der Waals surface area contributed by atoms with Crippen LogP contribution in [0.2, 0.25) is 0 Å². The molecule has 0 bridgehead atoms. The van der Waals surface area contributed by atoms with Gasteiger partial charge in [-0.2, -0.15) is 0 Å². The maximum Gasteiger partial charge on any atom is 0.141 e. The van der Waals surface area contributed by atoms with E-state index in [1.54, 1.807) is 18.5 Å². The molecule has 0 saturated carbocycles. The van der Waals surface area contributed by atoms with Crippen LogP contribution in [0.5, 0.6) is 5.75 Å². The average Bonchev–Trinajstić information content (AvgIpc) is 2.47. The van der Waals surface area contributed by atoms with Crippen LogP contribution in [0.1, 0.15) is 24.6 Å². The minimum absolute atomic E-state index is 0.381. The second-order valence-corrected chi connectivity index (χ2v) is 4.19. The Morgan fingerprint density at radius 3 is 2.68 bits per heavy atom. The van der Waals surface area contributed by atoms with E-state index in [1.165, 1.54) is 19.2 Å². The Morgan fingerprint density at radius 2 is 2.11 bits per heavy atom. The third-order valence-electron chi connectivity index (χ3n) is 3.09. The highest BCUT2D eigenvalue weighted by molar-refractivity contribution is 5.34. The Labute approximate surface area is 110 Å². The van der Waals surface area contributed by atoms with E-state index < -0.39 is 11.4 Å². The molecule has 2 rings (SSSR count). The van der Waals surface area contributed by atoms with E-state index in [0.29, 0.717) is 23.4 Å². The number of hydrogen-bond donors (Lipinski definition) is 1. The van der Waals surface area contributed by atoms with Crippen molar-refractivity contribution in [3.05, 3.63) is 53.9 Å². The SMILES string of the molecule is CCC(O)(c1cncc(OC)c1)c1ccc(F)cn1. The van der Waals surface area contributed by atoms with Crippen LogP contribution in [-0.4, -0.2) is 22.2 Å². The van der Waals surface area contributed by atoms with E-state index in [2.05, 4.69) is 9.97 Å². The van der Waals surface area contributed by atoms with E-state index >= 15 is 0 Å². The lowest BCUT2D eigenvalue weighted by molar-refractivity contribution is 0.0711. The van der Waals surface area contributed by atoms with Crippen molar-refractivity contribution >= 4 is 0 Å². The first kappa shape index (κ1) is 13.4. The predicted octanol–water partition coefficient (Wildman–Crippen LogP) is 2.27. The largest absolute Gasteiger partial charge is 0.495 e. The summed E-state index contributed by atoms with van der Waals surface area (Å²) in [5, 5.41) is 10.8. The van der Waals surface area contributed by atoms with Gasteiger partial charge in [-0.25, -0.2) is 4.39 Å². The molecule has 2 aromatic heterocycles. The summed E-state index contributed by atoms with van der Waals surface area (Å²) in [6.07, 6.45) is 4.58. The van der Waals surface area contributed by atoms with Gasteiger partial charge in [-0.05, 0) is 24.6 Å². The van der Waals surface area contributed by atoms with Crippen LogP contribution in [0.15, 0.2) is 36.8 Å². The highest BCUT2D eigenvalue weighted by Crippen LogP contribution is 2.32. The lowest BCUT2D eigenvalue weighted by Crippen LogP contribution is -2.27. The van der Waals surface area contributed by atoms with E-state index in [0.717, 1.165) is 6.20 Å². The van der Waals surface area contributed by atoms with Gasteiger partial charge in [-0.15, -0.1) is 0 Å². The van der Waals surface area contributed by atoms with Gasteiger partial charge in [-0.3, -0.25) is 9.97 Å². The number of aliphatic hydroxyl groups is 1. The number of nitrogens with zero attached hydrogens (tertiary/aromatic N) is 2. The molecule has 2 aromatic rings. The van der Waals surface area contributed by atoms with Gasteiger partial charge < -0.3 is 9.84 Å². The molecule has 0 fully saturated rings. The van der Waals surface area contributed by atoms with Crippen molar-refractivity contribution in [2.75, 3.05) is 7.11 Å². The molecule has 0 saturated heterocycles. The number of methoxy groups -OCH3 is 1. The summed E-state index contributed by atoms with van der Waals surface area (Å²) in [5.41, 5.74) is -0.366. The van der Waals surface area contributed by atoms with Crippen LogP contribution >= 0.6 is 0 Å². The quantitative estimate of drug-likeness (QED) is 0.918. The molecule has 1 atom stereocenters. The molecule has 0 spiro atoms. The number of halogens is 1. The van der Waals surface area contributed by atoms with Crippen molar-refractivity contribution < 1.29 is 14.2 Å². The molecule has 1 unspecified atom stereocenters. The van der Waals surface area contributed by atoms with Crippen LogP contribution in [0, 0.1) is 5.82 Å². The molecule has 0 radical (unpaired) electrons. The molecular weight excluding hydrogens is 247 g/mol. The summed E-state index contributed by atoms with van der Waals surface area (Å²) in [7, 11) is 1.53. The van der Waals surface area contributed by atoms with Crippen LogP contribution in [0.4, 0.5) is 4.39 Å². The molecule has 2 heterocycles. The average molecular weight is 262 g/mol. The molecule has 0 amide bonds. The summed E-state index contributed by atoms with van der Waals surface area (Å²) in [6.45, 7) is 1.82. The van der Waals surface area contributed by atoms with Crippen LogP contribution in [0.25, 0.3) is 0 Å². The molecule has 0 aromatic carbocycles. The number of pyridine rings is 2. The van der Waals surface area contributed by atoms with Gasteiger partial charge >= 0.3 is 0 Å². The van der Waals surface area contributed by atoms with Crippen molar-refractivity contribution in [2.24, 2.45) is 0 Å². The summed E-state index contributed by atoms with van der Waals surface area (Å²) < 4.78 is 18.0. The van der Waals surface area contributed by atoms with Gasteiger partial charge in [0.25, 0.3) is 0 Å². The first-order valence-electron chi connectivity index (χ1n) is 5.94. The highest BCUT2D eigenvalue weighted by atomic mass is 19.1. The first-order chi connectivity index (χ1) is 9.10. The summed E-state index contributed by atoms with van der Waals surface area (Å²) >= 11 is 0. The molecule has 0 aliphatic rings. The van der Waals surface area contributed by atoms with Gasteiger partial charge in [-0.1, -0.05) is 6.92 Å². The summed E-state index contributed by atoms with van der Waals surface area (Å²) in [4.78, 5) is 7.99. The molecule has 100 valence electrons. The van der Waals surface area contributed by atoms with Gasteiger partial charge in [0.2, 0.25) is 0 Å². The van der Waals surface area contributed by atoms with Crippen molar-refractivity contribution in [1.82, 2.24) is 9.97 Å². The van der Waals surface area contributed by atoms with E-state index in [-0.39, 0.29) is 0 Å². The Hall–Kier alpha value is -2.01. The standard InChI is InChI=1S/C14H15FN2O2/c1-3-14(18,13-5-4-11(15)8-17-13)10-6-12(19-2)9-16-7-10/h4-9,18H,3H2,1-2H3. The number of hydrogen-bond acceptors (Lipinski definition) is 4. The van der Waals surface area contributed by atoms with E-state index in [1.807, 2.05) is 6.92 Å². The fraction of sp³-hybridized carbons (Fsp3) is 0.286. The van der Waals surface area contributed by atoms with Gasteiger partial charge in [0.1, 0.15) is 17.2 Å². The molecule has 0 aliphatic heterocycles. The van der Waals surface area contributed by atoms with Crippen LogP contribution < -0.4 is 4.74 Å². The molecule has 1 N–H and O–H groups in total. The van der Waals surface area contributed by atoms with Crippen molar-refractivity contribution in [1.29, 1.82) is 0 Å². The van der Waals surface area contributed by atoms with Gasteiger partial charge in [0, 0.05) is 11.8 Å². The predicted molar refractivity (Wildman–Crippen MR) is 68.3 cm³/mol. The zero-order valence-electron chi connectivity index (χ0n) is 10.8. The Balaban J connectivity index is 2.49. The maximum absolute atomic E-state index is 12.9. The summed E-state index contributed by atoms with van der Waals surface area (Å²) in [5.74, 6) is 0.109. The first-order valence-corrected chi connectivity index (χ1v) is 5.94. The van der Waals surface area contributed by atoms with Gasteiger partial charge in [0.15, 0.2) is 0 Å². The summed E-state index contributed by atoms with van der Waals surface area (Å²) in [6, 6.07) is 4.44. The fourth-order valence-electron chi connectivity index (χ4n) is 1.91. The molecule has 4 nitrogen and oxygen atoms in total. The minimum Gasteiger partial charge on any atom is -0.495 e. The second kappa shape index (κ2) is 5.32. The topological polar surface area (TPSA) is 55.2 Å². The zero-order chi connectivity index (χ0) is 13.9. The highest BCUT2D eigenvalue weighted by Gasteiger charge is 2.31. The monoisotopic (exact) mass is 262 g/mol. The normalized spacial score (nSPS) is 13.9. The van der Waals surface area contributed by atoms with Gasteiger partial charge in [0.05, 0.1) is 25.2 Å². The second-order valence-electron chi connectivity index (χ2n) is 4.19. The zero-order valence-corrected chi connectivity index (χ0v) is 10.8. The molecule has 0 aliphatic carbocycles. The third-order valence-corrected chi connectivity index (χ3v) is 3.09. The number of ether oxygens (including phenoxy) is 1. The van der Waals surface area contributed by atoms with Crippen LogP contribution in [-0.2, 0) is 5.60 Å².